The number of hydrogen-bond donors (Lipinski definition) is 1. The molecule has 1 aliphatic heterocycles. The van der Waals surface area contributed by atoms with Crippen molar-refractivity contribution in [1.82, 2.24) is 9.97 Å². The lowest BCUT2D eigenvalue weighted by atomic mass is 10.1. The summed E-state index contributed by atoms with van der Waals surface area (Å²) in [6.45, 7) is 5.47. The van der Waals surface area contributed by atoms with Gasteiger partial charge in [0.1, 0.15) is 22.8 Å². The Balaban J connectivity index is 1.76. The molecule has 2 aromatic heterocycles. The zero-order valence-electron chi connectivity index (χ0n) is 14.7. The van der Waals surface area contributed by atoms with E-state index in [4.69, 9.17) is 0 Å². The number of fused-ring (bicyclic) bond motifs is 1. The van der Waals surface area contributed by atoms with Crippen LogP contribution in [-0.4, -0.2) is 29.0 Å². The van der Waals surface area contributed by atoms with Crippen molar-refractivity contribution in [2.75, 3.05) is 23.3 Å². The van der Waals surface area contributed by atoms with Crippen molar-refractivity contribution >= 4 is 39.0 Å². The van der Waals surface area contributed by atoms with Crippen LogP contribution in [-0.2, 0) is 0 Å². The van der Waals surface area contributed by atoms with E-state index >= 15 is 0 Å². The number of benzene rings is 1. The van der Waals surface area contributed by atoms with E-state index in [2.05, 4.69) is 20.2 Å². The fourth-order valence-corrected chi connectivity index (χ4v) is 4.32. The number of hydrogen-bond acceptors (Lipinski definition) is 5. The molecule has 3 aromatic rings. The monoisotopic (exact) mass is 370 g/mol. The van der Waals surface area contributed by atoms with Crippen LogP contribution in [0.5, 0.6) is 0 Å². The van der Waals surface area contributed by atoms with E-state index in [1.807, 2.05) is 6.92 Å². The fourth-order valence-electron chi connectivity index (χ4n) is 3.34. The van der Waals surface area contributed by atoms with E-state index in [9.17, 15) is 9.18 Å². The summed E-state index contributed by atoms with van der Waals surface area (Å²) in [5.74, 6) is 0.222. The first kappa shape index (κ1) is 16.9. The molecule has 1 saturated heterocycles. The largest absolute Gasteiger partial charge is 0.356 e. The Labute approximate surface area is 154 Å². The zero-order valence-corrected chi connectivity index (χ0v) is 15.5. The molecule has 0 atom stereocenters. The second kappa shape index (κ2) is 6.64. The van der Waals surface area contributed by atoms with Crippen LogP contribution in [0.15, 0.2) is 24.5 Å². The number of thiophene rings is 1. The highest BCUT2D eigenvalue weighted by atomic mass is 32.1. The molecular weight excluding hydrogens is 351 g/mol. The third kappa shape index (κ3) is 2.92. The highest BCUT2D eigenvalue weighted by molar-refractivity contribution is 7.19. The number of halogens is 1. The minimum atomic E-state index is -0.337. The molecule has 1 fully saturated rings. The molecule has 0 saturated carbocycles. The number of carbonyl (C=O) groups excluding carboxylic acids is 1. The maximum atomic E-state index is 13.8. The summed E-state index contributed by atoms with van der Waals surface area (Å²) >= 11 is 1.48. The molecule has 1 amide bonds. The number of carbonyl (C=O) groups is 1. The van der Waals surface area contributed by atoms with Gasteiger partial charge in [0.15, 0.2) is 0 Å². The quantitative estimate of drug-likeness (QED) is 0.747. The summed E-state index contributed by atoms with van der Waals surface area (Å²) in [7, 11) is 0. The molecule has 0 bridgehead atoms. The van der Waals surface area contributed by atoms with Crippen LogP contribution in [0.1, 0.15) is 33.6 Å². The molecule has 1 aliphatic rings. The Hall–Kier alpha value is -2.54. The van der Waals surface area contributed by atoms with Crippen LogP contribution in [0, 0.1) is 19.7 Å². The first-order chi connectivity index (χ1) is 12.5. The van der Waals surface area contributed by atoms with Crippen LogP contribution in [0.2, 0.25) is 0 Å². The van der Waals surface area contributed by atoms with Gasteiger partial charge in [-0.2, -0.15) is 0 Å². The third-order valence-electron chi connectivity index (χ3n) is 4.71. The predicted molar refractivity (Wildman–Crippen MR) is 103 cm³/mol. The minimum Gasteiger partial charge on any atom is -0.356 e. The number of nitrogens with zero attached hydrogens (tertiary/aromatic N) is 3. The van der Waals surface area contributed by atoms with Gasteiger partial charge in [-0.05, 0) is 44.4 Å². The molecule has 7 heteroatoms. The summed E-state index contributed by atoms with van der Waals surface area (Å²) in [6.07, 6.45) is 3.81. The number of nitrogens with one attached hydrogen (secondary N) is 1. The van der Waals surface area contributed by atoms with E-state index in [0.717, 1.165) is 46.8 Å². The second-order valence-corrected chi connectivity index (χ2v) is 7.73. The number of anilines is 2. The van der Waals surface area contributed by atoms with Crippen molar-refractivity contribution in [3.63, 3.8) is 0 Å². The topological polar surface area (TPSA) is 58.1 Å². The maximum Gasteiger partial charge on any atom is 0.257 e. The van der Waals surface area contributed by atoms with E-state index < -0.39 is 0 Å². The summed E-state index contributed by atoms with van der Waals surface area (Å²) in [6, 6.07) is 4.70. The average Bonchev–Trinajstić information content (AvgIpc) is 3.24. The zero-order chi connectivity index (χ0) is 18.3. The van der Waals surface area contributed by atoms with Crippen LogP contribution in [0.25, 0.3) is 10.2 Å². The summed E-state index contributed by atoms with van der Waals surface area (Å²) in [4.78, 5) is 25.7. The van der Waals surface area contributed by atoms with Gasteiger partial charge < -0.3 is 10.2 Å². The molecule has 1 aromatic carbocycles. The van der Waals surface area contributed by atoms with Gasteiger partial charge in [0.2, 0.25) is 0 Å². The SMILES string of the molecule is Cc1ccc(NC(=O)c2c(C)sc3ncnc(N4CCCC4)c23)cc1F. The van der Waals surface area contributed by atoms with Gasteiger partial charge in [-0.25, -0.2) is 14.4 Å². The standard InChI is InChI=1S/C19H19FN4OS/c1-11-5-6-13(9-14(11)20)23-18(25)15-12(2)26-19-16(15)17(21-10-22-19)24-7-3-4-8-24/h5-6,9-10H,3-4,7-8H2,1-2H3,(H,23,25). The van der Waals surface area contributed by atoms with Gasteiger partial charge in [-0.15, -0.1) is 11.3 Å². The van der Waals surface area contributed by atoms with Crippen LogP contribution >= 0.6 is 11.3 Å². The van der Waals surface area contributed by atoms with E-state index in [1.54, 1.807) is 25.4 Å². The lowest BCUT2D eigenvalue weighted by molar-refractivity contribution is 0.102. The Morgan fingerprint density at radius 1 is 1.23 bits per heavy atom. The molecule has 5 nitrogen and oxygen atoms in total. The molecular formula is C19H19FN4OS. The molecule has 134 valence electrons. The molecule has 1 N–H and O–H groups in total. The molecule has 0 aliphatic carbocycles. The molecule has 3 heterocycles. The van der Waals surface area contributed by atoms with Gasteiger partial charge in [-0.1, -0.05) is 6.07 Å². The minimum absolute atomic E-state index is 0.257. The van der Waals surface area contributed by atoms with Crippen LogP contribution < -0.4 is 10.2 Å². The number of aryl methyl sites for hydroxylation is 2. The Morgan fingerprint density at radius 3 is 2.73 bits per heavy atom. The van der Waals surface area contributed by atoms with E-state index in [-0.39, 0.29) is 11.7 Å². The second-order valence-electron chi connectivity index (χ2n) is 6.52. The van der Waals surface area contributed by atoms with E-state index in [0.29, 0.717) is 16.8 Å². The molecule has 0 spiro atoms. The van der Waals surface area contributed by atoms with Gasteiger partial charge in [0.25, 0.3) is 5.91 Å². The van der Waals surface area contributed by atoms with Crippen molar-refractivity contribution in [3.8, 4) is 0 Å². The first-order valence-corrected chi connectivity index (χ1v) is 9.43. The maximum absolute atomic E-state index is 13.8. The van der Waals surface area contributed by atoms with Crippen molar-refractivity contribution in [2.45, 2.75) is 26.7 Å². The Kier molecular flexibility index (Phi) is 4.32. The molecule has 0 radical (unpaired) electrons. The van der Waals surface area contributed by atoms with Gasteiger partial charge in [0, 0.05) is 23.7 Å². The normalized spacial score (nSPS) is 14.2. The predicted octanol–water partition coefficient (Wildman–Crippen LogP) is 4.30. The number of rotatable bonds is 3. The third-order valence-corrected chi connectivity index (χ3v) is 5.72. The molecule has 0 unspecified atom stereocenters. The van der Waals surface area contributed by atoms with Gasteiger partial charge in [0.05, 0.1) is 10.9 Å². The lowest BCUT2D eigenvalue weighted by Gasteiger charge is -2.17. The summed E-state index contributed by atoms with van der Waals surface area (Å²) < 4.78 is 13.8. The van der Waals surface area contributed by atoms with Crippen LogP contribution in [0.3, 0.4) is 0 Å². The molecule has 4 rings (SSSR count). The average molecular weight is 370 g/mol. The summed E-state index contributed by atoms with van der Waals surface area (Å²) in [5.41, 5.74) is 1.56. The fraction of sp³-hybridized carbons (Fsp3) is 0.316. The number of aromatic nitrogens is 2. The van der Waals surface area contributed by atoms with Gasteiger partial charge >= 0.3 is 0 Å². The lowest BCUT2D eigenvalue weighted by Crippen LogP contribution is -2.20. The van der Waals surface area contributed by atoms with Gasteiger partial charge in [-0.3, -0.25) is 4.79 Å². The molecule has 26 heavy (non-hydrogen) atoms. The smallest absolute Gasteiger partial charge is 0.257 e. The summed E-state index contributed by atoms with van der Waals surface area (Å²) in [5, 5.41) is 3.61. The number of amides is 1. The van der Waals surface area contributed by atoms with Crippen molar-refractivity contribution in [3.05, 3.63) is 46.3 Å². The Bertz CT molecular complexity index is 995. The van der Waals surface area contributed by atoms with Crippen molar-refractivity contribution in [2.24, 2.45) is 0 Å². The highest BCUT2D eigenvalue weighted by Crippen LogP contribution is 2.36. The first-order valence-electron chi connectivity index (χ1n) is 8.61. The van der Waals surface area contributed by atoms with E-state index in [1.165, 1.54) is 17.4 Å². The van der Waals surface area contributed by atoms with Crippen molar-refractivity contribution < 1.29 is 9.18 Å². The Morgan fingerprint density at radius 2 is 2.00 bits per heavy atom. The highest BCUT2D eigenvalue weighted by Gasteiger charge is 2.25. The van der Waals surface area contributed by atoms with Crippen LogP contribution in [0.4, 0.5) is 15.9 Å². The van der Waals surface area contributed by atoms with Crippen molar-refractivity contribution in [1.29, 1.82) is 0 Å².